The molecule has 110 valence electrons. The van der Waals surface area contributed by atoms with Crippen LogP contribution in [0.3, 0.4) is 0 Å². The molecule has 1 heterocycles. The van der Waals surface area contributed by atoms with Crippen molar-refractivity contribution in [1.29, 1.82) is 0 Å². The number of carbonyl (C=O) groups is 2. The number of carboxylic acids is 1. The Morgan fingerprint density at radius 1 is 1.32 bits per heavy atom. The van der Waals surface area contributed by atoms with Crippen molar-refractivity contribution in [3.8, 4) is 0 Å². The fourth-order valence-corrected chi connectivity index (χ4v) is 2.42. The van der Waals surface area contributed by atoms with E-state index >= 15 is 0 Å². The molecule has 0 bridgehead atoms. The summed E-state index contributed by atoms with van der Waals surface area (Å²) in [5.74, 6) is -1.39. The fraction of sp³-hybridized carbons (Fsp3) is 0.857. The van der Waals surface area contributed by atoms with Crippen molar-refractivity contribution in [2.45, 2.75) is 40.0 Å². The van der Waals surface area contributed by atoms with Gasteiger partial charge in [-0.1, -0.05) is 20.8 Å². The Hall–Kier alpha value is -1.26. The number of carbonyl (C=O) groups excluding carboxylic acids is 1. The second-order valence-corrected chi connectivity index (χ2v) is 6.41. The molecule has 1 atom stereocenters. The maximum Gasteiger partial charge on any atom is 0.319 e. The molecule has 1 unspecified atom stereocenters. The minimum absolute atomic E-state index is 0.0502. The number of aliphatic carboxylic acids is 1. The Morgan fingerprint density at radius 3 is 2.53 bits per heavy atom. The third-order valence-electron chi connectivity index (χ3n) is 3.91. The number of likely N-dealkylation sites (tertiary alicyclic amines) is 1. The highest BCUT2D eigenvalue weighted by molar-refractivity contribution is 5.76. The minimum atomic E-state index is -0.864. The molecule has 1 rings (SSSR count). The van der Waals surface area contributed by atoms with Crippen molar-refractivity contribution >= 4 is 12.0 Å². The average Bonchev–Trinajstić information content (AvgIpc) is 2.49. The van der Waals surface area contributed by atoms with Crippen LogP contribution in [0.4, 0.5) is 4.79 Å². The molecule has 0 spiro atoms. The Labute approximate surface area is 115 Å². The molecule has 5 heteroatoms. The molecule has 1 aliphatic heterocycles. The molecular formula is C14H26N2O3. The van der Waals surface area contributed by atoms with Crippen molar-refractivity contribution < 1.29 is 14.7 Å². The highest BCUT2D eigenvalue weighted by Gasteiger charge is 2.27. The SMILES string of the molecule is CC(CN(C)C(=O)N1CCCC(C)(C)CC1)C(=O)O. The van der Waals surface area contributed by atoms with Crippen LogP contribution in [0.1, 0.15) is 40.0 Å². The second-order valence-electron chi connectivity index (χ2n) is 6.41. The minimum Gasteiger partial charge on any atom is -0.481 e. The van der Waals surface area contributed by atoms with E-state index in [1.165, 1.54) is 4.90 Å². The number of rotatable bonds is 3. The predicted molar refractivity (Wildman–Crippen MR) is 74.0 cm³/mol. The highest BCUT2D eigenvalue weighted by Crippen LogP contribution is 2.30. The summed E-state index contributed by atoms with van der Waals surface area (Å²) in [6, 6.07) is -0.0502. The maximum absolute atomic E-state index is 12.3. The quantitative estimate of drug-likeness (QED) is 0.855. The fourth-order valence-electron chi connectivity index (χ4n) is 2.42. The van der Waals surface area contributed by atoms with Gasteiger partial charge < -0.3 is 14.9 Å². The Kier molecular flexibility index (Phi) is 5.20. The van der Waals surface area contributed by atoms with Crippen LogP contribution in [0, 0.1) is 11.3 Å². The van der Waals surface area contributed by atoms with Crippen molar-refractivity contribution in [3.05, 3.63) is 0 Å². The topological polar surface area (TPSA) is 60.9 Å². The molecule has 0 aromatic rings. The summed E-state index contributed by atoms with van der Waals surface area (Å²) >= 11 is 0. The third kappa shape index (κ3) is 4.73. The summed E-state index contributed by atoms with van der Waals surface area (Å²) in [5.41, 5.74) is 0.294. The van der Waals surface area contributed by atoms with Gasteiger partial charge in [0.1, 0.15) is 0 Å². The monoisotopic (exact) mass is 270 g/mol. The van der Waals surface area contributed by atoms with E-state index in [1.54, 1.807) is 14.0 Å². The number of hydrogen-bond donors (Lipinski definition) is 1. The van der Waals surface area contributed by atoms with Crippen LogP contribution in [0.5, 0.6) is 0 Å². The zero-order valence-electron chi connectivity index (χ0n) is 12.5. The lowest BCUT2D eigenvalue weighted by molar-refractivity contribution is -0.141. The average molecular weight is 270 g/mol. The lowest BCUT2D eigenvalue weighted by Crippen LogP contribution is -2.44. The first-order valence-electron chi connectivity index (χ1n) is 6.96. The van der Waals surface area contributed by atoms with Gasteiger partial charge in [-0.3, -0.25) is 4.79 Å². The molecule has 0 radical (unpaired) electrons. The van der Waals surface area contributed by atoms with Crippen LogP contribution < -0.4 is 0 Å². The standard InChI is InChI=1S/C14H26N2O3/c1-11(12(17)18)10-15(4)13(19)16-8-5-6-14(2,3)7-9-16/h11H,5-10H2,1-4H3,(H,17,18). The van der Waals surface area contributed by atoms with Crippen LogP contribution in [0.2, 0.25) is 0 Å². The van der Waals surface area contributed by atoms with Gasteiger partial charge in [0.15, 0.2) is 0 Å². The van der Waals surface area contributed by atoms with E-state index < -0.39 is 11.9 Å². The van der Waals surface area contributed by atoms with Crippen molar-refractivity contribution in [3.63, 3.8) is 0 Å². The highest BCUT2D eigenvalue weighted by atomic mass is 16.4. The van der Waals surface area contributed by atoms with Gasteiger partial charge in [-0.2, -0.15) is 0 Å². The molecule has 19 heavy (non-hydrogen) atoms. The zero-order valence-corrected chi connectivity index (χ0v) is 12.5. The van der Waals surface area contributed by atoms with Crippen LogP contribution in [-0.2, 0) is 4.79 Å². The first-order valence-corrected chi connectivity index (χ1v) is 6.96. The van der Waals surface area contributed by atoms with Gasteiger partial charge in [0.25, 0.3) is 0 Å². The molecule has 2 amide bonds. The molecule has 0 saturated carbocycles. The summed E-state index contributed by atoms with van der Waals surface area (Å²) in [4.78, 5) is 26.5. The Morgan fingerprint density at radius 2 is 1.95 bits per heavy atom. The number of urea groups is 1. The number of carboxylic acid groups (broad SMARTS) is 1. The lowest BCUT2D eigenvalue weighted by Gasteiger charge is -2.28. The number of hydrogen-bond acceptors (Lipinski definition) is 2. The predicted octanol–water partition coefficient (Wildman–Crippen LogP) is 2.27. The molecule has 0 aromatic heterocycles. The maximum atomic E-state index is 12.3. The number of amides is 2. The van der Waals surface area contributed by atoms with Crippen molar-refractivity contribution in [1.82, 2.24) is 9.80 Å². The summed E-state index contributed by atoms with van der Waals surface area (Å²) < 4.78 is 0. The van der Waals surface area contributed by atoms with E-state index in [1.807, 2.05) is 4.90 Å². The van der Waals surface area contributed by atoms with Crippen LogP contribution in [-0.4, -0.2) is 53.6 Å². The van der Waals surface area contributed by atoms with Gasteiger partial charge in [-0.15, -0.1) is 0 Å². The van der Waals surface area contributed by atoms with Gasteiger partial charge in [0, 0.05) is 26.7 Å². The van der Waals surface area contributed by atoms with Crippen molar-refractivity contribution in [2.24, 2.45) is 11.3 Å². The van der Waals surface area contributed by atoms with E-state index in [9.17, 15) is 9.59 Å². The van der Waals surface area contributed by atoms with Gasteiger partial charge in [-0.05, 0) is 24.7 Å². The van der Waals surface area contributed by atoms with Crippen LogP contribution in [0.25, 0.3) is 0 Å². The molecule has 5 nitrogen and oxygen atoms in total. The van der Waals surface area contributed by atoms with Gasteiger partial charge in [0.2, 0.25) is 0 Å². The largest absolute Gasteiger partial charge is 0.481 e. The van der Waals surface area contributed by atoms with Crippen LogP contribution >= 0.6 is 0 Å². The molecule has 1 N–H and O–H groups in total. The van der Waals surface area contributed by atoms with E-state index in [4.69, 9.17) is 5.11 Å². The third-order valence-corrected chi connectivity index (χ3v) is 3.91. The molecule has 1 saturated heterocycles. The number of nitrogens with zero attached hydrogens (tertiary/aromatic N) is 2. The van der Waals surface area contributed by atoms with Crippen molar-refractivity contribution in [2.75, 3.05) is 26.7 Å². The summed E-state index contributed by atoms with van der Waals surface area (Å²) in [5, 5.41) is 8.89. The lowest BCUT2D eigenvalue weighted by atomic mass is 9.85. The normalized spacial score (nSPS) is 20.5. The summed E-state index contributed by atoms with van der Waals surface area (Å²) in [6.45, 7) is 7.88. The Balaban J connectivity index is 2.55. The first-order chi connectivity index (χ1) is 8.73. The van der Waals surface area contributed by atoms with E-state index in [0.29, 0.717) is 5.41 Å². The molecule has 0 aromatic carbocycles. The second kappa shape index (κ2) is 6.26. The van der Waals surface area contributed by atoms with Gasteiger partial charge >= 0.3 is 12.0 Å². The van der Waals surface area contributed by atoms with Gasteiger partial charge in [-0.25, -0.2) is 4.79 Å². The summed E-state index contributed by atoms with van der Waals surface area (Å²) in [6.07, 6.45) is 3.15. The van der Waals surface area contributed by atoms with E-state index in [-0.39, 0.29) is 12.6 Å². The van der Waals surface area contributed by atoms with E-state index in [2.05, 4.69) is 13.8 Å². The molecular weight excluding hydrogens is 244 g/mol. The Bertz CT molecular complexity index is 342. The zero-order chi connectivity index (χ0) is 14.6. The smallest absolute Gasteiger partial charge is 0.319 e. The molecule has 1 fully saturated rings. The first kappa shape index (κ1) is 15.8. The molecule has 0 aliphatic carbocycles. The van der Waals surface area contributed by atoms with Gasteiger partial charge in [0.05, 0.1) is 5.92 Å². The molecule has 1 aliphatic rings. The van der Waals surface area contributed by atoms with Crippen LogP contribution in [0.15, 0.2) is 0 Å². The van der Waals surface area contributed by atoms with E-state index in [0.717, 1.165) is 32.4 Å². The summed E-state index contributed by atoms with van der Waals surface area (Å²) in [7, 11) is 1.68.